The van der Waals surface area contributed by atoms with Crippen LogP contribution in [0.15, 0.2) is 24.3 Å². The first kappa shape index (κ1) is 7.44. The summed E-state index contributed by atoms with van der Waals surface area (Å²) in [5.74, 6) is 0. The summed E-state index contributed by atoms with van der Waals surface area (Å²) >= 11 is 0. The van der Waals surface area contributed by atoms with Gasteiger partial charge in [0, 0.05) is 6.61 Å². The Morgan fingerprint density at radius 2 is 2.38 bits per heavy atom. The third kappa shape index (κ3) is 2.59. The van der Waals surface area contributed by atoms with Gasteiger partial charge in [-0.05, 0) is 13.3 Å². The van der Waals surface area contributed by atoms with E-state index in [-0.39, 0.29) is 6.61 Å². The fourth-order valence-electron chi connectivity index (χ4n) is 0.493. The maximum atomic E-state index is 8.41. The molecule has 0 saturated heterocycles. The van der Waals surface area contributed by atoms with Gasteiger partial charge in [-0.25, -0.2) is 0 Å². The topological polar surface area (TPSA) is 20.2 Å². The molecule has 0 radical (unpaired) electrons. The standard InChI is InChI=1S/C7H12O/c1-3-7(4-2)5-6-8/h3-4,8H,1,5-6H2,2H3. The summed E-state index contributed by atoms with van der Waals surface area (Å²) in [7, 11) is 0. The molecule has 0 saturated carbocycles. The third-order valence-corrected chi connectivity index (χ3v) is 1.03. The van der Waals surface area contributed by atoms with Crippen LogP contribution in [0.25, 0.3) is 0 Å². The molecule has 0 aliphatic heterocycles. The van der Waals surface area contributed by atoms with Crippen LogP contribution in [0.2, 0.25) is 0 Å². The van der Waals surface area contributed by atoms with Gasteiger partial charge in [-0.1, -0.05) is 24.3 Å². The normalized spacial score (nSPS) is 11.5. The predicted molar refractivity (Wildman–Crippen MR) is 35.7 cm³/mol. The number of aliphatic hydroxyl groups excluding tert-OH is 1. The summed E-state index contributed by atoms with van der Waals surface area (Å²) in [6, 6.07) is 0. The van der Waals surface area contributed by atoms with Crippen molar-refractivity contribution >= 4 is 0 Å². The van der Waals surface area contributed by atoms with E-state index < -0.39 is 0 Å². The molecule has 0 bridgehead atoms. The van der Waals surface area contributed by atoms with Crippen LogP contribution >= 0.6 is 0 Å². The predicted octanol–water partition coefficient (Wildman–Crippen LogP) is 1.50. The highest BCUT2D eigenvalue weighted by Gasteiger charge is 1.84. The molecule has 0 aliphatic carbocycles. The van der Waals surface area contributed by atoms with Crippen molar-refractivity contribution in [3.05, 3.63) is 24.3 Å². The second-order valence-electron chi connectivity index (χ2n) is 1.54. The van der Waals surface area contributed by atoms with Crippen LogP contribution in [-0.2, 0) is 0 Å². The number of allylic oxidation sites excluding steroid dienone is 2. The quantitative estimate of drug-likeness (QED) is 0.548. The van der Waals surface area contributed by atoms with Crippen LogP contribution in [0.3, 0.4) is 0 Å². The lowest BCUT2D eigenvalue weighted by Gasteiger charge is -1.92. The van der Waals surface area contributed by atoms with Gasteiger partial charge in [-0.3, -0.25) is 0 Å². The van der Waals surface area contributed by atoms with E-state index in [0.29, 0.717) is 0 Å². The van der Waals surface area contributed by atoms with Gasteiger partial charge in [-0.15, -0.1) is 0 Å². The summed E-state index contributed by atoms with van der Waals surface area (Å²) in [5.41, 5.74) is 1.10. The first-order valence-corrected chi connectivity index (χ1v) is 2.73. The lowest BCUT2D eigenvalue weighted by Crippen LogP contribution is -1.82. The fraction of sp³-hybridized carbons (Fsp3) is 0.429. The second kappa shape index (κ2) is 4.60. The van der Waals surface area contributed by atoms with Crippen molar-refractivity contribution in [1.29, 1.82) is 0 Å². The van der Waals surface area contributed by atoms with E-state index >= 15 is 0 Å². The Labute approximate surface area is 50.3 Å². The molecule has 0 atom stereocenters. The highest BCUT2D eigenvalue weighted by molar-refractivity contribution is 5.14. The number of aliphatic hydroxyl groups is 1. The molecule has 0 spiro atoms. The monoisotopic (exact) mass is 112 g/mol. The Hall–Kier alpha value is -0.560. The largest absolute Gasteiger partial charge is 0.396 e. The molecule has 0 heterocycles. The van der Waals surface area contributed by atoms with E-state index in [1.165, 1.54) is 0 Å². The summed E-state index contributed by atoms with van der Waals surface area (Å²) in [6.45, 7) is 5.72. The Kier molecular flexibility index (Phi) is 4.27. The molecule has 8 heavy (non-hydrogen) atoms. The van der Waals surface area contributed by atoms with Crippen LogP contribution < -0.4 is 0 Å². The Morgan fingerprint density at radius 3 is 2.50 bits per heavy atom. The maximum absolute atomic E-state index is 8.41. The summed E-state index contributed by atoms with van der Waals surface area (Å²) in [6.07, 6.45) is 4.43. The molecule has 0 amide bonds. The van der Waals surface area contributed by atoms with Gasteiger partial charge in [-0.2, -0.15) is 0 Å². The summed E-state index contributed by atoms with van der Waals surface area (Å²) < 4.78 is 0. The minimum atomic E-state index is 0.214. The van der Waals surface area contributed by atoms with E-state index in [1.807, 2.05) is 13.0 Å². The van der Waals surface area contributed by atoms with Gasteiger partial charge in [0.25, 0.3) is 0 Å². The average Bonchev–Trinajstić information content (AvgIpc) is 1.83. The Balaban J connectivity index is 3.54. The summed E-state index contributed by atoms with van der Waals surface area (Å²) in [4.78, 5) is 0. The SMILES string of the molecule is C=CC(=CC)CCO. The van der Waals surface area contributed by atoms with E-state index in [4.69, 9.17) is 5.11 Å². The van der Waals surface area contributed by atoms with Gasteiger partial charge in [0.2, 0.25) is 0 Å². The first-order chi connectivity index (χ1) is 3.85. The van der Waals surface area contributed by atoms with E-state index in [0.717, 1.165) is 12.0 Å². The minimum absolute atomic E-state index is 0.214. The van der Waals surface area contributed by atoms with E-state index in [2.05, 4.69) is 6.58 Å². The molecule has 0 aliphatic rings. The first-order valence-electron chi connectivity index (χ1n) is 2.73. The van der Waals surface area contributed by atoms with Crippen LogP contribution in [0.4, 0.5) is 0 Å². The van der Waals surface area contributed by atoms with Crippen molar-refractivity contribution in [3.63, 3.8) is 0 Å². The maximum Gasteiger partial charge on any atom is 0.0471 e. The average molecular weight is 112 g/mol. The minimum Gasteiger partial charge on any atom is -0.396 e. The van der Waals surface area contributed by atoms with Gasteiger partial charge in [0.1, 0.15) is 0 Å². The third-order valence-electron chi connectivity index (χ3n) is 1.03. The molecule has 0 aromatic heterocycles. The Bertz CT molecular complexity index is 92.6. The van der Waals surface area contributed by atoms with Crippen LogP contribution in [-0.4, -0.2) is 11.7 Å². The zero-order chi connectivity index (χ0) is 6.41. The van der Waals surface area contributed by atoms with E-state index in [9.17, 15) is 0 Å². The molecule has 1 N–H and O–H groups in total. The molecular weight excluding hydrogens is 100 g/mol. The van der Waals surface area contributed by atoms with Crippen LogP contribution in [0, 0.1) is 0 Å². The van der Waals surface area contributed by atoms with Gasteiger partial charge in [0.15, 0.2) is 0 Å². The highest BCUT2D eigenvalue weighted by atomic mass is 16.2. The van der Waals surface area contributed by atoms with Crippen LogP contribution in [0.5, 0.6) is 0 Å². The molecular formula is C7H12O. The van der Waals surface area contributed by atoms with Crippen molar-refractivity contribution < 1.29 is 5.11 Å². The smallest absolute Gasteiger partial charge is 0.0471 e. The zero-order valence-electron chi connectivity index (χ0n) is 5.22. The number of hydrogen-bond acceptors (Lipinski definition) is 1. The molecule has 0 aromatic carbocycles. The van der Waals surface area contributed by atoms with Gasteiger partial charge < -0.3 is 5.11 Å². The zero-order valence-corrected chi connectivity index (χ0v) is 5.22. The molecule has 0 rings (SSSR count). The molecule has 0 unspecified atom stereocenters. The molecule has 0 fully saturated rings. The van der Waals surface area contributed by atoms with Crippen molar-refractivity contribution in [2.24, 2.45) is 0 Å². The lowest BCUT2D eigenvalue weighted by molar-refractivity contribution is 0.300. The second-order valence-corrected chi connectivity index (χ2v) is 1.54. The fourth-order valence-corrected chi connectivity index (χ4v) is 0.493. The van der Waals surface area contributed by atoms with Crippen LogP contribution in [0.1, 0.15) is 13.3 Å². The molecule has 1 nitrogen and oxygen atoms in total. The van der Waals surface area contributed by atoms with Crippen molar-refractivity contribution in [2.45, 2.75) is 13.3 Å². The lowest BCUT2D eigenvalue weighted by atomic mass is 10.2. The molecule has 0 aromatic rings. The summed E-state index contributed by atoms with van der Waals surface area (Å²) in [5, 5.41) is 8.41. The van der Waals surface area contributed by atoms with Crippen molar-refractivity contribution in [3.8, 4) is 0 Å². The van der Waals surface area contributed by atoms with Gasteiger partial charge >= 0.3 is 0 Å². The van der Waals surface area contributed by atoms with Crippen molar-refractivity contribution in [1.82, 2.24) is 0 Å². The molecule has 1 heteroatoms. The molecule has 46 valence electrons. The Morgan fingerprint density at radius 1 is 1.75 bits per heavy atom. The van der Waals surface area contributed by atoms with Crippen molar-refractivity contribution in [2.75, 3.05) is 6.61 Å². The highest BCUT2D eigenvalue weighted by Crippen LogP contribution is 1.98. The number of hydrogen-bond donors (Lipinski definition) is 1. The van der Waals surface area contributed by atoms with E-state index in [1.54, 1.807) is 6.08 Å². The van der Waals surface area contributed by atoms with Gasteiger partial charge in [0.05, 0.1) is 0 Å². The number of rotatable bonds is 3.